The molecule has 0 aromatic heterocycles. The maximum absolute atomic E-state index is 5.70. The molecule has 0 N–H and O–H groups in total. The van der Waals surface area contributed by atoms with E-state index in [4.69, 9.17) is 4.74 Å². The van der Waals surface area contributed by atoms with Gasteiger partial charge >= 0.3 is 0 Å². The summed E-state index contributed by atoms with van der Waals surface area (Å²) in [6, 6.07) is 8.82. The highest BCUT2D eigenvalue weighted by atomic mass is 32.2. The third kappa shape index (κ3) is 12.7. The standard InChI is InChI=1S/C27H46OS/c1-25-17-13-14-18-26(25)21-24-29-23-15-11-9-7-5-3-2-4-6-8-10-12-19-27-20-16-22-28-27/h13-14,17-18,27H,2-12,15-16,19-24H2,1H3. The highest BCUT2D eigenvalue weighted by Gasteiger charge is 2.14. The quantitative estimate of drug-likeness (QED) is 0.221. The topological polar surface area (TPSA) is 9.23 Å². The van der Waals surface area contributed by atoms with Crippen LogP contribution in [0.25, 0.3) is 0 Å². The van der Waals surface area contributed by atoms with Crippen molar-refractivity contribution >= 4 is 11.8 Å². The molecule has 1 nitrogen and oxygen atoms in total. The third-order valence-corrected chi connectivity index (χ3v) is 7.44. The van der Waals surface area contributed by atoms with Gasteiger partial charge in [0.15, 0.2) is 0 Å². The monoisotopic (exact) mass is 418 g/mol. The fourth-order valence-electron chi connectivity index (χ4n) is 4.39. The Morgan fingerprint density at radius 3 is 2.03 bits per heavy atom. The van der Waals surface area contributed by atoms with Crippen LogP contribution in [0.4, 0.5) is 0 Å². The molecule has 1 saturated heterocycles. The highest BCUT2D eigenvalue weighted by molar-refractivity contribution is 7.99. The molecule has 1 aliphatic rings. The molecule has 0 amide bonds. The van der Waals surface area contributed by atoms with Crippen LogP contribution < -0.4 is 0 Å². The van der Waals surface area contributed by atoms with Gasteiger partial charge in [-0.2, -0.15) is 11.8 Å². The Morgan fingerprint density at radius 1 is 0.793 bits per heavy atom. The summed E-state index contributed by atoms with van der Waals surface area (Å²) in [6.45, 7) is 3.24. The number of unbranched alkanes of at least 4 members (excludes halogenated alkanes) is 11. The largest absolute Gasteiger partial charge is 0.378 e. The lowest BCUT2D eigenvalue weighted by atomic mass is 10.0. The summed E-state index contributed by atoms with van der Waals surface area (Å²) in [5.41, 5.74) is 2.97. The molecule has 1 heterocycles. The molecular formula is C27H46OS. The second kappa shape index (κ2) is 17.2. The Balaban J connectivity index is 1.23. The summed E-state index contributed by atoms with van der Waals surface area (Å²) in [7, 11) is 0. The molecule has 2 rings (SSSR count). The summed E-state index contributed by atoms with van der Waals surface area (Å²) < 4.78 is 5.70. The molecule has 2 heteroatoms. The number of aryl methyl sites for hydroxylation is 2. The molecule has 1 aromatic rings. The number of thioether (sulfide) groups is 1. The zero-order chi connectivity index (χ0) is 20.4. The summed E-state index contributed by atoms with van der Waals surface area (Å²) in [5.74, 6) is 2.62. The van der Waals surface area contributed by atoms with Crippen molar-refractivity contribution in [3.05, 3.63) is 35.4 Å². The van der Waals surface area contributed by atoms with Gasteiger partial charge in [0.05, 0.1) is 6.10 Å². The van der Waals surface area contributed by atoms with E-state index in [0.717, 1.165) is 6.61 Å². The van der Waals surface area contributed by atoms with Gasteiger partial charge in [-0.05, 0) is 61.7 Å². The van der Waals surface area contributed by atoms with E-state index in [-0.39, 0.29) is 0 Å². The molecule has 1 aromatic carbocycles. The molecule has 166 valence electrons. The Kier molecular flexibility index (Phi) is 14.7. The van der Waals surface area contributed by atoms with Crippen LogP contribution in [0, 0.1) is 6.92 Å². The number of ether oxygens (including phenoxy) is 1. The smallest absolute Gasteiger partial charge is 0.0576 e. The van der Waals surface area contributed by atoms with Crippen LogP contribution >= 0.6 is 11.8 Å². The van der Waals surface area contributed by atoms with Gasteiger partial charge in [0, 0.05) is 6.61 Å². The van der Waals surface area contributed by atoms with Gasteiger partial charge < -0.3 is 4.74 Å². The fourth-order valence-corrected chi connectivity index (χ4v) is 5.37. The van der Waals surface area contributed by atoms with E-state index < -0.39 is 0 Å². The van der Waals surface area contributed by atoms with Crippen LogP contribution in [0.15, 0.2) is 24.3 Å². The molecule has 0 saturated carbocycles. The van der Waals surface area contributed by atoms with Crippen LogP contribution in [-0.4, -0.2) is 24.2 Å². The lowest BCUT2D eigenvalue weighted by Gasteiger charge is -2.08. The van der Waals surface area contributed by atoms with Gasteiger partial charge in [-0.15, -0.1) is 0 Å². The van der Waals surface area contributed by atoms with Crippen LogP contribution in [0.3, 0.4) is 0 Å². The first-order valence-corrected chi connectivity index (χ1v) is 13.8. The number of hydrogen-bond acceptors (Lipinski definition) is 2. The zero-order valence-corrected chi connectivity index (χ0v) is 20.0. The van der Waals surface area contributed by atoms with Crippen molar-refractivity contribution in [2.24, 2.45) is 0 Å². The first-order chi connectivity index (χ1) is 14.4. The zero-order valence-electron chi connectivity index (χ0n) is 19.1. The number of benzene rings is 1. The molecule has 1 aliphatic heterocycles. The van der Waals surface area contributed by atoms with E-state index in [1.165, 1.54) is 125 Å². The molecule has 0 aliphatic carbocycles. The van der Waals surface area contributed by atoms with Crippen molar-refractivity contribution < 1.29 is 4.74 Å². The minimum atomic E-state index is 0.604. The average molecular weight is 419 g/mol. The van der Waals surface area contributed by atoms with E-state index in [1.807, 2.05) is 0 Å². The first kappa shape index (κ1) is 24.8. The second-order valence-electron chi connectivity index (χ2n) is 8.96. The van der Waals surface area contributed by atoms with Gasteiger partial charge in [-0.3, -0.25) is 0 Å². The molecular weight excluding hydrogens is 372 g/mol. The Morgan fingerprint density at radius 2 is 1.41 bits per heavy atom. The van der Waals surface area contributed by atoms with Crippen molar-refractivity contribution in [1.82, 2.24) is 0 Å². The Hall–Kier alpha value is -0.470. The summed E-state index contributed by atoms with van der Waals surface area (Å²) >= 11 is 2.14. The molecule has 1 unspecified atom stereocenters. The van der Waals surface area contributed by atoms with Crippen molar-refractivity contribution in [3.63, 3.8) is 0 Å². The molecule has 1 atom stereocenters. The predicted octanol–water partition coefficient (Wildman–Crippen LogP) is 8.52. The van der Waals surface area contributed by atoms with Gasteiger partial charge in [-0.25, -0.2) is 0 Å². The predicted molar refractivity (Wildman–Crippen MR) is 131 cm³/mol. The van der Waals surface area contributed by atoms with Gasteiger partial charge in [-0.1, -0.05) is 94.9 Å². The second-order valence-corrected chi connectivity index (χ2v) is 10.2. The molecule has 0 spiro atoms. The van der Waals surface area contributed by atoms with Crippen molar-refractivity contribution in [2.75, 3.05) is 18.1 Å². The summed E-state index contributed by atoms with van der Waals surface area (Å²) in [4.78, 5) is 0. The van der Waals surface area contributed by atoms with Gasteiger partial charge in [0.1, 0.15) is 0 Å². The number of hydrogen-bond donors (Lipinski definition) is 0. The van der Waals surface area contributed by atoms with Crippen LogP contribution in [0.2, 0.25) is 0 Å². The minimum Gasteiger partial charge on any atom is -0.378 e. The SMILES string of the molecule is Cc1ccccc1CCSCCCCCCCCCCCCCCC1CCCO1. The van der Waals surface area contributed by atoms with Gasteiger partial charge in [0.2, 0.25) is 0 Å². The third-order valence-electron chi connectivity index (χ3n) is 6.37. The van der Waals surface area contributed by atoms with E-state index in [2.05, 4.69) is 43.0 Å². The van der Waals surface area contributed by atoms with Crippen molar-refractivity contribution in [1.29, 1.82) is 0 Å². The van der Waals surface area contributed by atoms with Gasteiger partial charge in [0.25, 0.3) is 0 Å². The molecule has 1 fully saturated rings. The maximum Gasteiger partial charge on any atom is 0.0576 e. The average Bonchev–Trinajstić information content (AvgIpc) is 3.25. The maximum atomic E-state index is 5.70. The lowest BCUT2D eigenvalue weighted by molar-refractivity contribution is 0.102. The number of rotatable bonds is 18. The van der Waals surface area contributed by atoms with Crippen LogP contribution in [0.1, 0.15) is 107 Å². The molecule has 0 radical (unpaired) electrons. The summed E-state index contributed by atoms with van der Waals surface area (Å²) in [6.07, 6.45) is 23.0. The van der Waals surface area contributed by atoms with Crippen molar-refractivity contribution in [2.45, 2.75) is 116 Å². The highest BCUT2D eigenvalue weighted by Crippen LogP contribution is 2.19. The summed E-state index contributed by atoms with van der Waals surface area (Å²) in [5, 5.41) is 0. The Bertz CT molecular complexity index is 495. The van der Waals surface area contributed by atoms with E-state index in [0.29, 0.717) is 6.10 Å². The van der Waals surface area contributed by atoms with E-state index >= 15 is 0 Å². The fraction of sp³-hybridized carbons (Fsp3) is 0.778. The lowest BCUT2D eigenvalue weighted by Crippen LogP contribution is -2.03. The van der Waals surface area contributed by atoms with Crippen molar-refractivity contribution in [3.8, 4) is 0 Å². The minimum absolute atomic E-state index is 0.604. The molecule has 29 heavy (non-hydrogen) atoms. The van der Waals surface area contributed by atoms with E-state index in [9.17, 15) is 0 Å². The Labute approximate surface area is 185 Å². The van der Waals surface area contributed by atoms with E-state index in [1.54, 1.807) is 0 Å². The van der Waals surface area contributed by atoms with Crippen LogP contribution in [0.5, 0.6) is 0 Å². The first-order valence-electron chi connectivity index (χ1n) is 12.6. The van der Waals surface area contributed by atoms with Crippen LogP contribution in [-0.2, 0) is 11.2 Å². The normalized spacial score (nSPS) is 16.5. The molecule has 0 bridgehead atoms.